The third kappa shape index (κ3) is 4.28. The van der Waals surface area contributed by atoms with Crippen molar-refractivity contribution >= 4 is 0 Å². The number of hydrogen-bond acceptors (Lipinski definition) is 4. The highest BCUT2D eigenvalue weighted by Crippen LogP contribution is 2.13. The first kappa shape index (κ1) is 13.1. The number of aliphatic hydroxyl groups is 1. The van der Waals surface area contributed by atoms with Crippen LogP contribution in [0.1, 0.15) is 33.6 Å². The van der Waals surface area contributed by atoms with Gasteiger partial charge in [0, 0.05) is 18.1 Å². The van der Waals surface area contributed by atoms with Gasteiger partial charge < -0.3 is 10.4 Å². The Labute approximate surface area is 96.9 Å². The lowest BCUT2D eigenvalue weighted by Gasteiger charge is -2.31. The molecule has 2 N–H and O–H groups in total. The minimum atomic E-state index is -0.200. The van der Waals surface area contributed by atoms with E-state index < -0.39 is 0 Å². The molecule has 0 spiro atoms. The monoisotopic (exact) mass is 226 g/mol. The molecule has 1 atom stereocenters. The zero-order chi connectivity index (χ0) is 12.0. The zero-order valence-electron chi connectivity index (χ0n) is 10.3. The van der Waals surface area contributed by atoms with Gasteiger partial charge >= 0.3 is 0 Å². The lowest BCUT2D eigenvalue weighted by atomic mass is 9.96. The van der Waals surface area contributed by atoms with Crippen molar-refractivity contribution in [3.05, 3.63) is 12.7 Å². The molecule has 1 unspecified atom stereocenters. The number of aromatic nitrogens is 3. The van der Waals surface area contributed by atoms with E-state index in [-0.39, 0.29) is 12.1 Å². The fourth-order valence-corrected chi connectivity index (χ4v) is 1.87. The molecule has 0 fully saturated rings. The summed E-state index contributed by atoms with van der Waals surface area (Å²) in [5.41, 5.74) is -0.200. The van der Waals surface area contributed by atoms with Crippen LogP contribution in [-0.2, 0) is 6.54 Å². The lowest BCUT2D eigenvalue weighted by molar-refractivity contribution is 0.153. The zero-order valence-corrected chi connectivity index (χ0v) is 10.3. The van der Waals surface area contributed by atoms with Crippen LogP contribution in [0.4, 0.5) is 0 Å². The predicted molar refractivity (Wildman–Crippen MR) is 63.0 cm³/mol. The van der Waals surface area contributed by atoms with Gasteiger partial charge in [-0.2, -0.15) is 5.10 Å². The second-order valence-corrected chi connectivity index (χ2v) is 4.78. The molecule has 0 radical (unpaired) electrons. The van der Waals surface area contributed by atoms with Gasteiger partial charge in [0.15, 0.2) is 0 Å². The Kier molecular flexibility index (Phi) is 4.89. The molecule has 0 bridgehead atoms. The van der Waals surface area contributed by atoms with Gasteiger partial charge in [-0.1, -0.05) is 13.8 Å². The molecule has 0 aliphatic rings. The number of nitrogens with one attached hydrogen (secondary N) is 1. The molecule has 0 aliphatic heterocycles. The van der Waals surface area contributed by atoms with E-state index in [1.54, 1.807) is 6.33 Å². The Morgan fingerprint density at radius 1 is 1.50 bits per heavy atom. The van der Waals surface area contributed by atoms with Crippen molar-refractivity contribution in [3.63, 3.8) is 0 Å². The highest BCUT2D eigenvalue weighted by molar-refractivity contribution is 4.83. The van der Waals surface area contributed by atoms with Gasteiger partial charge in [-0.3, -0.25) is 4.68 Å². The van der Waals surface area contributed by atoms with Crippen LogP contribution in [0.25, 0.3) is 0 Å². The molecule has 0 aromatic carbocycles. The van der Waals surface area contributed by atoms with Crippen LogP contribution >= 0.6 is 0 Å². The first-order chi connectivity index (χ1) is 7.56. The van der Waals surface area contributed by atoms with Crippen molar-refractivity contribution in [3.8, 4) is 0 Å². The van der Waals surface area contributed by atoms with Gasteiger partial charge in [0.25, 0.3) is 0 Å². The van der Waals surface area contributed by atoms with E-state index in [9.17, 15) is 5.11 Å². The lowest BCUT2D eigenvalue weighted by Crippen LogP contribution is -2.49. The fourth-order valence-electron chi connectivity index (χ4n) is 1.87. The van der Waals surface area contributed by atoms with Crippen molar-refractivity contribution in [1.82, 2.24) is 20.1 Å². The van der Waals surface area contributed by atoms with Gasteiger partial charge in [-0.25, -0.2) is 4.98 Å². The molecule has 1 rings (SSSR count). The maximum Gasteiger partial charge on any atom is 0.137 e. The van der Waals surface area contributed by atoms with E-state index in [1.165, 1.54) is 6.33 Å². The van der Waals surface area contributed by atoms with Gasteiger partial charge in [0.1, 0.15) is 12.7 Å². The minimum Gasteiger partial charge on any atom is -0.394 e. The van der Waals surface area contributed by atoms with Crippen LogP contribution in [0, 0.1) is 0 Å². The maximum atomic E-state index is 9.39. The molecule has 0 saturated carbocycles. The van der Waals surface area contributed by atoms with E-state index in [4.69, 9.17) is 0 Å². The average Bonchev–Trinajstić information content (AvgIpc) is 2.69. The first-order valence-corrected chi connectivity index (χ1v) is 5.77. The topological polar surface area (TPSA) is 63.0 Å². The van der Waals surface area contributed by atoms with Gasteiger partial charge in [-0.15, -0.1) is 0 Å². The average molecular weight is 226 g/mol. The summed E-state index contributed by atoms with van der Waals surface area (Å²) in [5, 5.41) is 16.8. The van der Waals surface area contributed by atoms with Crippen LogP contribution in [-0.4, -0.2) is 38.1 Å². The van der Waals surface area contributed by atoms with Gasteiger partial charge in [-0.05, 0) is 19.8 Å². The van der Waals surface area contributed by atoms with E-state index in [1.807, 2.05) is 11.6 Å². The van der Waals surface area contributed by atoms with Crippen LogP contribution < -0.4 is 5.32 Å². The van der Waals surface area contributed by atoms with Crippen LogP contribution in [0.2, 0.25) is 0 Å². The maximum absolute atomic E-state index is 9.39. The summed E-state index contributed by atoms with van der Waals surface area (Å²) in [6, 6.07) is 0.378. The largest absolute Gasteiger partial charge is 0.394 e. The number of aliphatic hydroxyl groups excluding tert-OH is 1. The molecule has 1 heterocycles. The van der Waals surface area contributed by atoms with E-state index in [0.29, 0.717) is 6.04 Å². The third-order valence-corrected chi connectivity index (χ3v) is 2.57. The molecule has 5 nitrogen and oxygen atoms in total. The Hall–Kier alpha value is -0.940. The number of nitrogens with zero attached hydrogens (tertiary/aromatic N) is 3. The van der Waals surface area contributed by atoms with E-state index >= 15 is 0 Å². The first-order valence-electron chi connectivity index (χ1n) is 5.77. The summed E-state index contributed by atoms with van der Waals surface area (Å²) in [4.78, 5) is 3.89. The summed E-state index contributed by atoms with van der Waals surface area (Å²) in [6.07, 6.45) is 5.14. The summed E-state index contributed by atoms with van der Waals surface area (Å²) in [5.74, 6) is 0. The number of rotatable bonds is 7. The van der Waals surface area contributed by atoms with E-state index in [2.05, 4.69) is 29.2 Å². The molecule has 0 saturated heterocycles. The Balaban J connectivity index is 2.33. The molecule has 0 aliphatic carbocycles. The molecule has 1 aromatic rings. The van der Waals surface area contributed by atoms with Gasteiger partial charge in [0.05, 0.1) is 6.61 Å². The van der Waals surface area contributed by atoms with E-state index in [0.717, 1.165) is 19.4 Å². The molecule has 0 amide bonds. The van der Waals surface area contributed by atoms with Crippen molar-refractivity contribution in [2.45, 2.75) is 51.7 Å². The highest BCUT2D eigenvalue weighted by atomic mass is 16.3. The van der Waals surface area contributed by atoms with Crippen molar-refractivity contribution in [1.29, 1.82) is 0 Å². The number of aryl methyl sites for hydroxylation is 1. The van der Waals surface area contributed by atoms with Crippen LogP contribution in [0.5, 0.6) is 0 Å². The summed E-state index contributed by atoms with van der Waals surface area (Å²) < 4.78 is 1.81. The molecule has 92 valence electrons. The highest BCUT2D eigenvalue weighted by Gasteiger charge is 2.23. The van der Waals surface area contributed by atoms with Crippen molar-refractivity contribution in [2.24, 2.45) is 0 Å². The van der Waals surface area contributed by atoms with Crippen LogP contribution in [0.3, 0.4) is 0 Å². The summed E-state index contributed by atoms with van der Waals surface area (Å²) in [7, 11) is 0. The second-order valence-electron chi connectivity index (χ2n) is 4.78. The van der Waals surface area contributed by atoms with Crippen molar-refractivity contribution in [2.75, 3.05) is 6.61 Å². The fraction of sp³-hybridized carbons (Fsp3) is 0.818. The molecular weight excluding hydrogens is 204 g/mol. The Morgan fingerprint density at radius 3 is 2.75 bits per heavy atom. The normalized spacial score (nSPS) is 15.3. The molecule has 1 aromatic heterocycles. The summed E-state index contributed by atoms with van der Waals surface area (Å²) in [6.45, 7) is 7.23. The SMILES string of the molecule is CC(C)NC(C)(CO)CCCn1cncn1. The Morgan fingerprint density at radius 2 is 2.25 bits per heavy atom. The van der Waals surface area contributed by atoms with Gasteiger partial charge in [0.2, 0.25) is 0 Å². The standard InChI is InChI=1S/C11H22N4O/c1-10(2)14-11(3,7-16)5-4-6-15-9-12-8-13-15/h8-10,14,16H,4-7H2,1-3H3. The van der Waals surface area contributed by atoms with Crippen LogP contribution in [0.15, 0.2) is 12.7 Å². The second kappa shape index (κ2) is 5.96. The Bertz CT molecular complexity index is 286. The third-order valence-electron chi connectivity index (χ3n) is 2.57. The molecule has 16 heavy (non-hydrogen) atoms. The molecular formula is C11H22N4O. The quantitative estimate of drug-likeness (QED) is 0.722. The van der Waals surface area contributed by atoms with Crippen molar-refractivity contribution < 1.29 is 5.11 Å². The smallest absolute Gasteiger partial charge is 0.137 e. The predicted octanol–water partition coefficient (Wildman–Crippen LogP) is 0.807. The molecule has 5 heteroatoms. The summed E-state index contributed by atoms with van der Waals surface area (Å²) >= 11 is 0. The minimum absolute atomic E-state index is 0.155. The number of hydrogen-bond donors (Lipinski definition) is 2.